The van der Waals surface area contributed by atoms with Crippen molar-refractivity contribution in [2.45, 2.75) is 24.8 Å². The predicted molar refractivity (Wildman–Crippen MR) is 75.6 cm³/mol. The average Bonchev–Trinajstić information content (AvgIpc) is 2.40. The fourth-order valence-electron chi connectivity index (χ4n) is 1.78. The molecule has 1 atom stereocenters. The lowest BCUT2D eigenvalue weighted by Gasteiger charge is -2.22. The Bertz CT molecular complexity index is 374. The molecule has 1 aromatic rings. The van der Waals surface area contributed by atoms with Gasteiger partial charge in [0.15, 0.2) is 0 Å². The summed E-state index contributed by atoms with van der Waals surface area (Å²) in [5.74, 6) is -0.269. The molecular formula is C14H21NO2S. The Balaban J connectivity index is 2.62. The summed E-state index contributed by atoms with van der Waals surface area (Å²) in [7, 11) is 1.78. The second kappa shape index (κ2) is 7.44. The maximum atomic E-state index is 12.0. The first-order valence-corrected chi connectivity index (χ1v) is 7.33. The Morgan fingerprint density at radius 1 is 1.39 bits per heavy atom. The topological polar surface area (TPSA) is 40.5 Å². The molecule has 3 nitrogen and oxygen atoms in total. The van der Waals surface area contributed by atoms with Gasteiger partial charge in [0, 0.05) is 18.5 Å². The van der Waals surface area contributed by atoms with E-state index < -0.39 is 0 Å². The molecule has 0 aliphatic carbocycles. The monoisotopic (exact) mass is 267 g/mol. The molecule has 0 fully saturated rings. The highest BCUT2D eigenvalue weighted by atomic mass is 32.2. The van der Waals surface area contributed by atoms with Crippen molar-refractivity contribution in [1.29, 1.82) is 0 Å². The van der Waals surface area contributed by atoms with Gasteiger partial charge in [-0.2, -0.15) is 0 Å². The smallest absolute Gasteiger partial charge is 0.228 e. The predicted octanol–water partition coefficient (Wildman–Crippen LogP) is 2.39. The lowest BCUT2D eigenvalue weighted by Crippen LogP contribution is -2.33. The van der Waals surface area contributed by atoms with Crippen LogP contribution in [0.4, 0.5) is 0 Å². The first-order chi connectivity index (χ1) is 8.62. The normalized spacial score (nSPS) is 12.2. The first-order valence-electron chi connectivity index (χ1n) is 6.11. The SMILES string of the molecule is CCC(CO)C(=O)N(C)Cc1ccc(SC)cc1. The molecule has 18 heavy (non-hydrogen) atoms. The van der Waals surface area contributed by atoms with Crippen LogP contribution < -0.4 is 0 Å². The van der Waals surface area contributed by atoms with Crippen LogP contribution in [0.25, 0.3) is 0 Å². The van der Waals surface area contributed by atoms with E-state index in [2.05, 4.69) is 12.1 Å². The molecule has 0 aromatic heterocycles. The van der Waals surface area contributed by atoms with Crippen LogP contribution in [0.15, 0.2) is 29.2 Å². The molecule has 1 rings (SSSR count). The summed E-state index contributed by atoms with van der Waals surface area (Å²) in [6.07, 6.45) is 2.71. The van der Waals surface area contributed by atoms with Crippen molar-refractivity contribution in [2.24, 2.45) is 5.92 Å². The highest BCUT2D eigenvalue weighted by molar-refractivity contribution is 7.98. The van der Waals surface area contributed by atoms with Crippen LogP contribution in [0.5, 0.6) is 0 Å². The van der Waals surface area contributed by atoms with Crippen LogP contribution in [0.2, 0.25) is 0 Å². The summed E-state index contributed by atoms with van der Waals surface area (Å²) in [5, 5.41) is 9.13. The number of nitrogens with zero attached hydrogens (tertiary/aromatic N) is 1. The van der Waals surface area contributed by atoms with Gasteiger partial charge in [-0.3, -0.25) is 4.79 Å². The summed E-state index contributed by atoms with van der Waals surface area (Å²) in [4.78, 5) is 14.9. The molecule has 4 heteroatoms. The van der Waals surface area contributed by atoms with E-state index in [1.54, 1.807) is 23.7 Å². The molecule has 0 bridgehead atoms. The van der Waals surface area contributed by atoms with Crippen LogP contribution in [-0.4, -0.2) is 35.8 Å². The Kier molecular flexibility index (Phi) is 6.22. The summed E-state index contributed by atoms with van der Waals surface area (Å²) in [6, 6.07) is 8.19. The molecule has 100 valence electrons. The van der Waals surface area contributed by atoms with E-state index in [0.717, 1.165) is 5.56 Å². The molecule has 1 amide bonds. The number of benzene rings is 1. The van der Waals surface area contributed by atoms with Crippen molar-refractivity contribution in [3.63, 3.8) is 0 Å². The molecule has 0 saturated heterocycles. The van der Waals surface area contributed by atoms with Gasteiger partial charge in [-0.1, -0.05) is 19.1 Å². The van der Waals surface area contributed by atoms with E-state index in [0.29, 0.717) is 13.0 Å². The third kappa shape index (κ3) is 4.03. The largest absolute Gasteiger partial charge is 0.396 e. The minimum absolute atomic E-state index is 0.00828. The number of aliphatic hydroxyl groups excluding tert-OH is 1. The van der Waals surface area contributed by atoms with Crippen molar-refractivity contribution < 1.29 is 9.90 Å². The van der Waals surface area contributed by atoms with E-state index in [9.17, 15) is 4.79 Å². The van der Waals surface area contributed by atoms with Crippen LogP contribution in [0, 0.1) is 5.92 Å². The minimum Gasteiger partial charge on any atom is -0.396 e. The van der Waals surface area contributed by atoms with E-state index in [-0.39, 0.29) is 18.4 Å². The number of hydrogen-bond acceptors (Lipinski definition) is 3. The Morgan fingerprint density at radius 3 is 2.44 bits per heavy atom. The van der Waals surface area contributed by atoms with E-state index in [4.69, 9.17) is 5.11 Å². The lowest BCUT2D eigenvalue weighted by molar-refractivity contribution is -0.136. The molecular weight excluding hydrogens is 246 g/mol. The van der Waals surface area contributed by atoms with E-state index in [1.165, 1.54) is 4.90 Å². The van der Waals surface area contributed by atoms with Crippen molar-refractivity contribution in [3.05, 3.63) is 29.8 Å². The van der Waals surface area contributed by atoms with E-state index >= 15 is 0 Å². The standard InChI is InChI=1S/C14H21NO2S/c1-4-12(10-16)14(17)15(2)9-11-5-7-13(18-3)8-6-11/h5-8,12,16H,4,9-10H2,1-3H3. The van der Waals surface area contributed by atoms with Crippen LogP contribution in [-0.2, 0) is 11.3 Å². The number of amides is 1. The quantitative estimate of drug-likeness (QED) is 0.805. The van der Waals surface area contributed by atoms with Gasteiger partial charge in [-0.15, -0.1) is 11.8 Å². The zero-order chi connectivity index (χ0) is 13.5. The van der Waals surface area contributed by atoms with Crippen LogP contribution in [0.1, 0.15) is 18.9 Å². The molecule has 0 heterocycles. The molecule has 1 aromatic carbocycles. The highest BCUT2D eigenvalue weighted by Crippen LogP contribution is 2.16. The second-order valence-electron chi connectivity index (χ2n) is 4.33. The summed E-state index contributed by atoms with van der Waals surface area (Å²) >= 11 is 1.70. The Labute approximate surface area is 113 Å². The van der Waals surface area contributed by atoms with Crippen LogP contribution in [0.3, 0.4) is 0 Å². The van der Waals surface area contributed by atoms with E-state index in [1.807, 2.05) is 25.3 Å². The second-order valence-corrected chi connectivity index (χ2v) is 5.21. The first kappa shape index (κ1) is 15.1. The molecule has 0 aliphatic rings. The summed E-state index contributed by atoms with van der Waals surface area (Å²) < 4.78 is 0. The fourth-order valence-corrected chi connectivity index (χ4v) is 2.18. The van der Waals surface area contributed by atoms with Gasteiger partial charge in [0.05, 0.1) is 12.5 Å². The zero-order valence-corrected chi connectivity index (χ0v) is 12.0. The summed E-state index contributed by atoms with van der Waals surface area (Å²) in [5.41, 5.74) is 1.11. The Morgan fingerprint density at radius 2 is 2.00 bits per heavy atom. The molecule has 0 saturated carbocycles. The molecule has 0 spiro atoms. The van der Waals surface area contributed by atoms with Gasteiger partial charge in [-0.25, -0.2) is 0 Å². The van der Waals surface area contributed by atoms with Gasteiger partial charge in [0.25, 0.3) is 0 Å². The lowest BCUT2D eigenvalue weighted by atomic mass is 10.1. The fraction of sp³-hybridized carbons (Fsp3) is 0.500. The molecule has 1 N–H and O–H groups in total. The number of thioether (sulfide) groups is 1. The van der Waals surface area contributed by atoms with Gasteiger partial charge >= 0.3 is 0 Å². The van der Waals surface area contributed by atoms with Crippen molar-refractivity contribution in [3.8, 4) is 0 Å². The van der Waals surface area contributed by atoms with Gasteiger partial charge in [0.2, 0.25) is 5.91 Å². The van der Waals surface area contributed by atoms with Crippen molar-refractivity contribution >= 4 is 17.7 Å². The summed E-state index contributed by atoms with van der Waals surface area (Å²) in [6.45, 7) is 2.43. The Hall–Kier alpha value is -1.00. The number of rotatable bonds is 6. The number of carbonyl (C=O) groups is 1. The third-order valence-corrected chi connectivity index (χ3v) is 3.76. The number of aliphatic hydroxyl groups is 1. The van der Waals surface area contributed by atoms with Gasteiger partial charge < -0.3 is 10.0 Å². The molecule has 0 aliphatic heterocycles. The van der Waals surface area contributed by atoms with Crippen molar-refractivity contribution in [1.82, 2.24) is 4.90 Å². The highest BCUT2D eigenvalue weighted by Gasteiger charge is 2.19. The van der Waals surface area contributed by atoms with Gasteiger partial charge in [-0.05, 0) is 30.4 Å². The van der Waals surface area contributed by atoms with Crippen LogP contribution >= 0.6 is 11.8 Å². The third-order valence-electron chi connectivity index (χ3n) is 3.02. The number of hydrogen-bond donors (Lipinski definition) is 1. The molecule has 1 unspecified atom stereocenters. The minimum atomic E-state index is -0.277. The maximum Gasteiger partial charge on any atom is 0.228 e. The molecule has 0 radical (unpaired) electrons. The van der Waals surface area contributed by atoms with Crippen molar-refractivity contribution in [2.75, 3.05) is 19.9 Å². The maximum absolute atomic E-state index is 12.0. The van der Waals surface area contributed by atoms with Gasteiger partial charge in [0.1, 0.15) is 0 Å². The average molecular weight is 267 g/mol. The number of carbonyl (C=O) groups excluding carboxylic acids is 1. The zero-order valence-electron chi connectivity index (χ0n) is 11.2.